The minimum Gasteiger partial charge on any atom is -0.508 e. The molecule has 0 amide bonds. The van der Waals surface area contributed by atoms with Crippen molar-refractivity contribution in [1.82, 2.24) is 5.32 Å². The largest absolute Gasteiger partial charge is 0.508 e. The molecule has 0 radical (unpaired) electrons. The van der Waals surface area contributed by atoms with Gasteiger partial charge in [-0.15, -0.1) is 0 Å². The van der Waals surface area contributed by atoms with Crippen LogP contribution in [0.4, 0.5) is 0 Å². The molecule has 1 unspecified atom stereocenters. The zero-order valence-corrected chi connectivity index (χ0v) is 12.0. The summed E-state index contributed by atoms with van der Waals surface area (Å²) in [6.45, 7) is 0.893. The molecule has 0 heterocycles. The molecule has 1 atom stereocenters. The van der Waals surface area contributed by atoms with E-state index in [1.165, 1.54) is 23.1 Å². The maximum Gasteiger partial charge on any atom is 0.115 e. The van der Waals surface area contributed by atoms with Crippen LogP contribution in [0, 0.1) is 0 Å². The number of hydrogen-bond donors (Lipinski definition) is 3. The molecule has 3 N–H and O–H groups in total. The summed E-state index contributed by atoms with van der Waals surface area (Å²) in [5, 5.41) is 22.6. The number of aryl methyl sites for hydroxylation is 1. The van der Waals surface area contributed by atoms with Gasteiger partial charge in [-0.2, -0.15) is 0 Å². The van der Waals surface area contributed by atoms with Gasteiger partial charge in [-0.05, 0) is 73.2 Å². The van der Waals surface area contributed by atoms with Crippen molar-refractivity contribution in [2.75, 3.05) is 6.54 Å². The Bertz CT molecular complexity index is 607. The van der Waals surface area contributed by atoms with E-state index in [9.17, 15) is 10.2 Å². The highest BCUT2D eigenvalue weighted by Crippen LogP contribution is 2.32. The van der Waals surface area contributed by atoms with Crippen LogP contribution in [0.25, 0.3) is 0 Å². The van der Waals surface area contributed by atoms with E-state index < -0.39 is 0 Å². The maximum atomic E-state index is 9.68. The van der Waals surface area contributed by atoms with Gasteiger partial charge >= 0.3 is 0 Å². The molecule has 1 aliphatic carbocycles. The van der Waals surface area contributed by atoms with Gasteiger partial charge in [0.2, 0.25) is 0 Å². The van der Waals surface area contributed by atoms with Crippen molar-refractivity contribution in [2.24, 2.45) is 0 Å². The standard InChI is InChI=1S/C18H21NO2/c20-15-7-4-13(5-8-15)10-11-19-18-3-1-2-14-6-9-16(21)12-17(14)18/h4-9,12,18-21H,1-3,10-11H2. The number of benzene rings is 2. The SMILES string of the molecule is Oc1ccc(CCNC2CCCc3ccc(O)cc32)cc1. The summed E-state index contributed by atoms with van der Waals surface area (Å²) in [5.41, 5.74) is 3.81. The molecule has 0 bridgehead atoms. The first-order valence-electron chi connectivity index (χ1n) is 7.55. The molecule has 0 aliphatic heterocycles. The zero-order valence-electron chi connectivity index (χ0n) is 12.0. The average Bonchev–Trinajstić information content (AvgIpc) is 2.50. The van der Waals surface area contributed by atoms with Gasteiger partial charge in [-0.3, -0.25) is 0 Å². The number of phenols is 2. The van der Waals surface area contributed by atoms with Crippen molar-refractivity contribution in [2.45, 2.75) is 31.7 Å². The second-order valence-electron chi connectivity index (χ2n) is 5.70. The van der Waals surface area contributed by atoms with Gasteiger partial charge < -0.3 is 15.5 Å². The summed E-state index contributed by atoms with van der Waals surface area (Å²) in [4.78, 5) is 0. The molecule has 0 saturated heterocycles. The summed E-state index contributed by atoms with van der Waals surface area (Å²) >= 11 is 0. The Morgan fingerprint density at radius 2 is 1.76 bits per heavy atom. The van der Waals surface area contributed by atoms with E-state index in [4.69, 9.17) is 0 Å². The Labute approximate surface area is 125 Å². The number of nitrogens with one attached hydrogen (secondary N) is 1. The third-order valence-corrected chi connectivity index (χ3v) is 4.18. The van der Waals surface area contributed by atoms with E-state index in [2.05, 4.69) is 5.32 Å². The monoisotopic (exact) mass is 283 g/mol. The lowest BCUT2D eigenvalue weighted by Crippen LogP contribution is -2.27. The smallest absolute Gasteiger partial charge is 0.115 e. The van der Waals surface area contributed by atoms with Crippen LogP contribution in [0.1, 0.15) is 35.6 Å². The summed E-state index contributed by atoms with van der Waals surface area (Å²) in [5.74, 6) is 0.657. The average molecular weight is 283 g/mol. The van der Waals surface area contributed by atoms with Crippen molar-refractivity contribution in [3.05, 3.63) is 59.2 Å². The lowest BCUT2D eigenvalue weighted by molar-refractivity contribution is 0.448. The van der Waals surface area contributed by atoms with Gasteiger partial charge in [-0.25, -0.2) is 0 Å². The predicted molar refractivity (Wildman–Crippen MR) is 83.6 cm³/mol. The first kappa shape index (κ1) is 14.0. The molecule has 110 valence electrons. The van der Waals surface area contributed by atoms with Crippen molar-refractivity contribution >= 4 is 0 Å². The lowest BCUT2D eigenvalue weighted by atomic mass is 9.87. The third kappa shape index (κ3) is 3.37. The second-order valence-corrected chi connectivity index (χ2v) is 5.70. The molecule has 0 aromatic heterocycles. The van der Waals surface area contributed by atoms with Crippen LogP contribution in [0.5, 0.6) is 11.5 Å². The fourth-order valence-corrected chi connectivity index (χ4v) is 3.05. The Balaban J connectivity index is 1.61. The summed E-state index contributed by atoms with van der Waals surface area (Å²) in [6.07, 6.45) is 4.34. The normalized spacial score (nSPS) is 17.4. The summed E-state index contributed by atoms with van der Waals surface area (Å²) < 4.78 is 0. The molecule has 2 aromatic rings. The third-order valence-electron chi connectivity index (χ3n) is 4.18. The number of fused-ring (bicyclic) bond motifs is 1. The number of phenolic OH excluding ortho intramolecular Hbond substituents is 2. The quantitative estimate of drug-likeness (QED) is 0.807. The lowest BCUT2D eigenvalue weighted by Gasteiger charge is -2.26. The highest BCUT2D eigenvalue weighted by molar-refractivity contribution is 5.38. The number of hydrogen-bond acceptors (Lipinski definition) is 3. The molecule has 3 rings (SSSR count). The zero-order chi connectivity index (χ0) is 14.7. The van der Waals surface area contributed by atoms with Crippen LogP contribution in [-0.2, 0) is 12.8 Å². The van der Waals surface area contributed by atoms with E-state index in [-0.39, 0.29) is 0 Å². The molecule has 0 fully saturated rings. The molecule has 0 saturated carbocycles. The highest BCUT2D eigenvalue weighted by Gasteiger charge is 2.19. The molecule has 0 spiro atoms. The van der Waals surface area contributed by atoms with Crippen LogP contribution < -0.4 is 5.32 Å². The van der Waals surface area contributed by atoms with Crippen LogP contribution >= 0.6 is 0 Å². The van der Waals surface area contributed by atoms with E-state index >= 15 is 0 Å². The van der Waals surface area contributed by atoms with Crippen molar-refractivity contribution < 1.29 is 10.2 Å². The Hall–Kier alpha value is -2.00. The summed E-state index contributed by atoms with van der Waals surface area (Å²) in [6, 6.07) is 13.4. The highest BCUT2D eigenvalue weighted by atomic mass is 16.3. The number of rotatable bonds is 4. The second kappa shape index (κ2) is 6.19. The van der Waals surface area contributed by atoms with Crippen molar-refractivity contribution in [1.29, 1.82) is 0 Å². The van der Waals surface area contributed by atoms with Gasteiger partial charge in [-0.1, -0.05) is 18.2 Å². The van der Waals surface area contributed by atoms with Crippen LogP contribution in [0.3, 0.4) is 0 Å². The first-order chi connectivity index (χ1) is 10.2. The fourth-order valence-electron chi connectivity index (χ4n) is 3.05. The van der Waals surface area contributed by atoms with Crippen LogP contribution in [-0.4, -0.2) is 16.8 Å². The van der Waals surface area contributed by atoms with E-state index in [0.717, 1.165) is 25.8 Å². The van der Waals surface area contributed by atoms with E-state index in [1.54, 1.807) is 18.2 Å². The first-order valence-corrected chi connectivity index (χ1v) is 7.55. The summed E-state index contributed by atoms with van der Waals surface area (Å²) in [7, 11) is 0. The Morgan fingerprint density at radius 1 is 1.00 bits per heavy atom. The number of aromatic hydroxyl groups is 2. The molecular weight excluding hydrogens is 262 g/mol. The minimum absolute atomic E-state index is 0.309. The molecule has 21 heavy (non-hydrogen) atoms. The van der Waals surface area contributed by atoms with Gasteiger partial charge in [0.25, 0.3) is 0 Å². The van der Waals surface area contributed by atoms with Gasteiger partial charge in [0.1, 0.15) is 11.5 Å². The topological polar surface area (TPSA) is 52.5 Å². The van der Waals surface area contributed by atoms with Gasteiger partial charge in [0.15, 0.2) is 0 Å². The van der Waals surface area contributed by atoms with Gasteiger partial charge in [0.05, 0.1) is 0 Å². The van der Waals surface area contributed by atoms with Crippen LogP contribution in [0.2, 0.25) is 0 Å². The molecule has 1 aliphatic rings. The van der Waals surface area contributed by atoms with Gasteiger partial charge in [0, 0.05) is 6.04 Å². The minimum atomic E-state index is 0.309. The van der Waals surface area contributed by atoms with Crippen LogP contribution in [0.15, 0.2) is 42.5 Å². The van der Waals surface area contributed by atoms with Crippen molar-refractivity contribution in [3.63, 3.8) is 0 Å². The molecule has 3 nitrogen and oxygen atoms in total. The Kier molecular flexibility index (Phi) is 4.11. The van der Waals surface area contributed by atoms with Crippen molar-refractivity contribution in [3.8, 4) is 11.5 Å². The molecule has 2 aromatic carbocycles. The maximum absolute atomic E-state index is 9.68. The fraction of sp³-hybridized carbons (Fsp3) is 0.333. The molecular formula is C18H21NO2. The van der Waals surface area contributed by atoms with E-state index in [1.807, 2.05) is 24.3 Å². The Morgan fingerprint density at radius 3 is 2.57 bits per heavy atom. The predicted octanol–water partition coefficient (Wildman–Crippen LogP) is 3.31. The molecule has 3 heteroatoms. The van der Waals surface area contributed by atoms with E-state index in [0.29, 0.717) is 17.5 Å².